The van der Waals surface area contributed by atoms with E-state index in [0.29, 0.717) is 0 Å². The monoisotopic (exact) mass is 399 g/mol. The van der Waals surface area contributed by atoms with Crippen molar-refractivity contribution in [1.29, 1.82) is 0 Å². The fourth-order valence-corrected chi connectivity index (χ4v) is 4.06. The molecule has 0 radical (unpaired) electrons. The van der Waals surface area contributed by atoms with Gasteiger partial charge in [0.25, 0.3) is 0 Å². The van der Waals surface area contributed by atoms with Crippen molar-refractivity contribution in [2.75, 3.05) is 6.54 Å². The number of hydrogen-bond acceptors (Lipinski definition) is 4. The van der Waals surface area contributed by atoms with E-state index in [-0.39, 0.29) is 0 Å². The zero-order chi connectivity index (χ0) is 20.7. The van der Waals surface area contributed by atoms with Crippen molar-refractivity contribution in [3.05, 3.63) is 72.3 Å². The standard InChI is InChI=1S/C23H25N7/c1-23(2,25-12-10-17-15-24-20-7-5-4-6-19(17)20)22-26-27-28-30(22)18-9-8-16-11-13-29(3)21(16)14-18/h4-9,11,13-15,24-25H,10,12H2,1-3H3. The number of aromatic nitrogens is 6. The Bertz CT molecular complexity index is 1320. The molecular formula is C23H25N7. The molecule has 152 valence electrons. The van der Waals surface area contributed by atoms with Crippen LogP contribution in [0.15, 0.2) is 60.9 Å². The maximum atomic E-state index is 4.35. The summed E-state index contributed by atoms with van der Waals surface area (Å²) in [6, 6.07) is 16.8. The molecule has 7 nitrogen and oxygen atoms in total. The molecule has 0 bridgehead atoms. The van der Waals surface area contributed by atoms with Gasteiger partial charge in [0, 0.05) is 42.4 Å². The minimum Gasteiger partial charge on any atom is -0.361 e. The van der Waals surface area contributed by atoms with Crippen LogP contribution < -0.4 is 5.32 Å². The summed E-state index contributed by atoms with van der Waals surface area (Å²) in [7, 11) is 2.04. The Labute approximate surface area is 174 Å². The van der Waals surface area contributed by atoms with Crippen LogP contribution in [-0.2, 0) is 19.0 Å². The highest BCUT2D eigenvalue weighted by Gasteiger charge is 2.27. The Hall–Kier alpha value is -3.45. The van der Waals surface area contributed by atoms with Gasteiger partial charge >= 0.3 is 0 Å². The third-order valence-electron chi connectivity index (χ3n) is 5.78. The summed E-state index contributed by atoms with van der Waals surface area (Å²) in [5.74, 6) is 0.787. The minimum atomic E-state index is -0.390. The summed E-state index contributed by atoms with van der Waals surface area (Å²) in [5, 5.41) is 18.7. The van der Waals surface area contributed by atoms with Crippen molar-refractivity contribution >= 4 is 21.8 Å². The van der Waals surface area contributed by atoms with Gasteiger partial charge in [-0.3, -0.25) is 0 Å². The van der Waals surface area contributed by atoms with Crippen molar-refractivity contribution in [2.24, 2.45) is 7.05 Å². The minimum absolute atomic E-state index is 0.390. The predicted octanol–water partition coefficient (Wildman–Crippen LogP) is 3.70. The first kappa shape index (κ1) is 18.6. The molecule has 2 aromatic carbocycles. The van der Waals surface area contributed by atoms with E-state index in [0.717, 1.165) is 30.0 Å². The molecule has 2 N–H and O–H groups in total. The molecule has 5 rings (SSSR count). The fourth-order valence-electron chi connectivity index (χ4n) is 4.06. The number of hydrogen-bond donors (Lipinski definition) is 2. The van der Waals surface area contributed by atoms with E-state index in [1.54, 1.807) is 0 Å². The van der Waals surface area contributed by atoms with Crippen LogP contribution in [0, 0.1) is 0 Å². The van der Waals surface area contributed by atoms with E-state index in [4.69, 9.17) is 0 Å². The van der Waals surface area contributed by atoms with Crippen molar-refractivity contribution < 1.29 is 0 Å². The highest BCUT2D eigenvalue weighted by atomic mass is 15.6. The van der Waals surface area contributed by atoms with E-state index in [9.17, 15) is 0 Å². The van der Waals surface area contributed by atoms with Crippen LogP contribution in [-0.4, -0.2) is 36.3 Å². The molecule has 0 aliphatic rings. The molecule has 0 aliphatic carbocycles. The third kappa shape index (κ3) is 3.17. The second-order valence-corrected chi connectivity index (χ2v) is 8.25. The van der Waals surface area contributed by atoms with Gasteiger partial charge in [-0.05, 0) is 65.9 Å². The van der Waals surface area contributed by atoms with Crippen LogP contribution in [0.1, 0.15) is 25.2 Å². The third-order valence-corrected chi connectivity index (χ3v) is 5.78. The van der Waals surface area contributed by atoms with Gasteiger partial charge in [-0.25, -0.2) is 0 Å². The van der Waals surface area contributed by atoms with Gasteiger partial charge < -0.3 is 14.9 Å². The number of para-hydroxylation sites is 1. The lowest BCUT2D eigenvalue weighted by atomic mass is 10.0. The molecule has 3 heterocycles. The second-order valence-electron chi connectivity index (χ2n) is 8.25. The summed E-state index contributed by atoms with van der Waals surface area (Å²) in [6.45, 7) is 5.05. The number of fused-ring (bicyclic) bond motifs is 2. The van der Waals surface area contributed by atoms with E-state index in [1.807, 2.05) is 11.7 Å². The van der Waals surface area contributed by atoms with E-state index >= 15 is 0 Å². The summed E-state index contributed by atoms with van der Waals surface area (Å²) in [5.41, 5.74) is 4.20. The van der Waals surface area contributed by atoms with Gasteiger partial charge in [-0.15, -0.1) is 5.10 Å². The molecule has 0 fully saturated rings. The maximum Gasteiger partial charge on any atom is 0.176 e. The zero-order valence-corrected chi connectivity index (χ0v) is 17.4. The van der Waals surface area contributed by atoms with Gasteiger partial charge in [-0.2, -0.15) is 4.68 Å². The maximum absolute atomic E-state index is 4.35. The number of aromatic amines is 1. The average Bonchev–Trinajstić information content (AvgIpc) is 3.47. The molecule has 3 aromatic heterocycles. The van der Waals surface area contributed by atoms with Gasteiger partial charge in [0.1, 0.15) is 0 Å². The number of rotatable bonds is 6. The van der Waals surface area contributed by atoms with Gasteiger partial charge in [0.05, 0.1) is 11.2 Å². The molecule has 0 unspecified atom stereocenters. The highest BCUT2D eigenvalue weighted by Crippen LogP contribution is 2.24. The van der Waals surface area contributed by atoms with Crippen molar-refractivity contribution in [2.45, 2.75) is 25.8 Å². The first-order valence-electron chi connectivity index (χ1n) is 10.2. The van der Waals surface area contributed by atoms with Crippen LogP contribution in [0.25, 0.3) is 27.5 Å². The lowest BCUT2D eigenvalue weighted by Crippen LogP contribution is -2.40. The average molecular weight is 400 g/mol. The van der Waals surface area contributed by atoms with Gasteiger partial charge in [0.15, 0.2) is 5.82 Å². The molecule has 0 spiro atoms. The van der Waals surface area contributed by atoms with Crippen LogP contribution >= 0.6 is 0 Å². The topological polar surface area (TPSA) is 76.3 Å². The molecule has 7 heteroatoms. The lowest BCUT2D eigenvalue weighted by Gasteiger charge is -2.25. The fraction of sp³-hybridized carbons (Fsp3) is 0.261. The summed E-state index contributed by atoms with van der Waals surface area (Å²) in [4.78, 5) is 3.34. The SMILES string of the molecule is Cn1ccc2ccc(-n3nnnc3C(C)(C)NCCc3c[nH]c4ccccc34)cc21. The molecule has 5 aromatic rings. The van der Waals surface area contributed by atoms with Crippen molar-refractivity contribution in [1.82, 2.24) is 35.1 Å². The Kier molecular flexibility index (Phi) is 4.40. The zero-order valence-electron chi connectivity index (χ0n) is 17.4. The number of nitrogens with zero attached hydrogens (tertiary/aromatic N) is 5. The first-order valence-corrected chi connectivity index (χ1v) is 10.2. The number of nitrogens with one attached hydrogen (secondary N) is 2. The normalized spacial score (nSPS) is 12.2. The first-order chi connectivity index (χ1) is 14.5. The van der Waals surface area contributed by atoms with Gasteiger partial charge in [0.2, 0.25) is 0 Å². The van der Waals surface area contributed by atoms with Gasteiger partial charge in [-0.1, -0.05) is 24.3 Å². The van der Waals surface area contributed by atoms with Crippen molar-refractivity contribution in [3.63, 3.8) is 0 Å². The molecule has 0 saturated carbocycles. The summed E-state index contributed by atoms with van der Waals surface area (Å²) in [6.07, 6.45) is 5.08. The molecule has 0 atom stereocenters. The quantitative estimate of drug-likeness (QED) is 0.456. The number of H-pyrrole nitrogens is 1. The summed E-state index contributed by atoms with van der Waals surface area (Å²) >= 11 is 0. The Balaban J connectivity index is 1.37. The number of benzene rings is 2. The van der Waals surface area contributed by atoms with Crippen molar-refractivity contribution in [3.8, 4) is 5.69 Å². The molecule has 0 aliphatic heterocycles. The highest BCUT2D eigenvalue weighted by molar-refractivity contribution is 5.83. The van der Waals surface area contributed by atoms with Crippen LogP contribution in [0.4, 0.5) is 0 Å². The largest absolute Gasteiger partial charge is 0.361 e. The smallest absolute Gasteiger partial charge is 0.176 e. The van der Waals surface area contributed by atoms with Crippen LogP contribution in [0.2, 0.25) is 0 Å². The predicted molar refractivity (Wildman–Crippen MR) is 119 cm³/mol. The second kappa shape index (κ2) is 7.11. The summed E-state index contributed by atoms with van der Waals surface area (Å²) < 4.78 is 3.93. The molecular weight excluding hydrogens is 374 g/mol. The molecule has 0 amide bonds. The van der Waals surface area contributed by atoms with E-state index in [1.165, 1.54) is 21.9 Å². The lowest BCUT2D eigenvalue weighted by molar-refractivity contribution is 0.375. The van der Waals surface area contributed by atoms with Crippen LogP contribution in [0.3, 0.4) is 0 Å². The Morgan fingerprint density at radius 1 is 1.10 bits per heavy atom. The molecule has 30 heavy (non-hydrogen) atoms. The van der Waals surface area contributed by atoms with E-state index in [2.05, 4.69) is 105 Å². The Morgan fingerprint density at radius 2 is 1.97 bits per heavy atom. The van der Waals surface area contributed by atoms with E-state index < -0.39 is 5.54 Å². The number of aryl methyl sites for hydroxylation is 1. The Morgan fingerprint density at radius 3 is 2.87 bits per heavy atom. The number of tetrazole rings is 1. The molecule has 0 saturated heterocycles. The van der Waals surface area contributed by atoms with Crippen LogP contribution in [0.5, 0.6) is 0 Å².